The topological polar surface area (TPSA) is 9.23 Å². The number of halogens is 3. The molecule has 0 rings (SSSR count). The average Bonchev–Trinajstić information content (AvgIpc) is 2.02. The minimum absolute atomic E-state index is 0.105. The van der Waals surface area contributed by atoms with E-state index in [0.29, 0.717) is 12.5 Å². The fraction of sp³-hybridized carbons (Fsp3) is 1.00. The standard InChI is InChI=1S/C7H15Cl2FOSi/c1-3-6(5-12(8)9)11-7(10)4-2/h6-7,12H,3-5H2,1-2H3. The lowest BCUT2D eigenvalue weighted by Gasteiger charge is -2.17. The van der Waals surface area contributed by atoms with E-state index < -0.39 is 13.8 Å². The number of rotatable bonds is 6. The third kappa shape index (κ3) is 6.23. The van der Waals surface area contributed by atoms with Crippen molar-refractivity contribution in [2.45, 2.75) is 45.2 Å². The Hall–Kier alpha value is 0.687. The van der Waals surface area contributed by atoms with Crippen molar-refractivity contribution >= 4 is 29.6 Å². The van der Waals surface area contributed by atoms with Gasteiger partial charge < -0.3 is 4.74 Å². The first-order chi connectivity index (χ1) is 5.60. The molecule has 0 spiro atoms. The molecule has 0 saturated carbocycles. The average molecular weight is 233 g/mol. The Morgan fingerprint density at radius 3 is 2.25 bits per heavy atom. The second-order valence-electron chi connectivity index (χ2n) is 2.61. The predicted molar refractivity (Wildman–Crippen MR) is 54.0 cm³/mol. The van der Waals surface area contributed by atoms with Crippen LogP contribution in [0.25, 0.3) is 0 Å². The number of alkyl halides is 1. The van der Waals surface area contributed by atoms with E-state index in [-0.39, 0.29) is 6.10 Å². The number of hydrogen-bond donors (Lipinski definition) is 0. The van der Waals surface area contributed by atoms with Gasteiger partial charge in [-0.1, -0.05) is 13.8 Å². The molecule has 0 heterocycles. The van der Waals surface area contributed by atoms with Gasteiger partial charge in [0, 0.05) is 6.42 Å². The molecule has 0 aliphatic rings. The van der Waals surface area contributed by atoms with Crippen LogP contribution >= 0.6 is 22.2 Å². The summed E-state index contributed by atoms with van der Waals surface area (Å²) in [6.07, 6.45) is -0.126. The van der Waals surface area contributed by atoms with E-state index in [4.69, 9.17) is 26.9 Å². The lowest BCUT2D eigenvalue weighted by atomic mass is 10.3. The molecule has 12 heavy (non-hydrogen) atoms. The summed E-state index contributed by atoms with van der Waals surface area (Å²) >= 11 is 11.4. The van der Waals surface area contributed by atoms with Crippen LogP contribution in [-0.2, 0) is 4.74 Å². The molecular weight excluding hydrogens is 218 g/mol. The van der Waals surface area contributed by atoms with Crippen LogP contribution in [0.4, 0.5) is 4.39 Å². The molecule has 0 N–H and O–H groups in total. The van der Waals surface area contributed by atoms with Crippen LogP contribution in [0, 0.1) is 0 Å². The fourth-order valence-electron chi connectivity index (χ4n) is 0.822. The third-order valence-electron chi connectivity index (χ3n) is 1.56. The zero-order chi connectivity index (χ0) is 9.56. The van der Waals surface area contributed by atoms with Crippen molar-refractivity contribution in [2.75, 3.05) is 0 Å². The SMILES string of the molecule is CCC(F)OC(CC)C[SiH](Cl)Cl. The van der Waals surface area contributed by atoms with E-state index in [1.165, 1.54) is 0 Å². The summed E-state index contributed by atoms with van der Waals surface area (Å²) in [5, 5.41) is 0. The minimum atomic E-state index is -1.66. The number of hydrogen-bond acceptors (Lipinski definition) is 1. The molecule has 0 aromatic rings. The highest BCUT2D eigenvalue weighted by atomic mass is 35.7. The Bertz CT molecular complexity index is 116. The molecule has 74 valence electrons. The van der Waals surface area contributed by atoms with Crippen molar-refractivity contribution in [1.29, 1.82) is 0 Å². The van der Waals surface area contributed by atoms with Crippen LogP contribution in [-0.4, -0.2) is 19.9 Å². The molecule has 2 unspecified atom stereocenters. The molecule has 0 aliphatic heterocycles. The van der Waals surface area contributed by atoms with E-state index in [9.17, 15) is 4.39 Å². The molecule has 2 atom stereocenters. The zero-order valence-corrected chi connectivity index (χ0v) is 10.1. The van der Waals surface area contributed by atoms with E-state index in [1.54, 1.807) is 6.92 Å². The molecular formula is C7H15Cl2FOSi. The summed E-state index contributed by atoms with van der Waals surface area (Å²) in [5.41, 5.74) is 0. The van der Waals surface area contributed by atoms with Gasteiger partial charge in [0.15, 0.2) is 6.36 Å². The highest BCUT2D eigenvalue weighted by Gasteiger charge is 2.16. The van der Waals surface area contributed by atoms with E-state index in [1.807, 2.05) is 6.92 Å². The molecule has 0 aliphatic carbocycles. The molecule has 0 radical (unpaired) electrons. The van der Waals surface area contributed by atoms with Gasteiger partial charge in [0.05, 0.1) is 6.10 Å². The highest BCUT2D eigenvalue weighted by Crippen LogP contribution is 2.16. The van der Waals surface area contributed by atoms with Gasteiger partial charge in [-0.2, -0.15) is 22.2 Å². The van der Waals surface area contributed by atoms with Gasteiger partial charge in [-0.25, -0.2) is 4.39 Å². The number of ether oxygens (including phenoxy) is 1. The highest BCUT2D eigenvalue weighted by molar-refractivity contribution is 7.33. The summed E-state index contributed by atoms with van der Waals surface area (Å²) in [6, 6.07) is 0.625. The first-order valence-corrected chi connectivity index (χ1v) is 8.48. The van der Waals surface area contributed by atoms with Gasteiger partial charge in [-0.05, 0) is 12.5 Å². The van der Waals surface area contributed by atoms with Crippen LogP contribution in [0.15, 0.2) is 0 Å². The maximum absolute atomic E-state index is 12.7. The van der Waals surface area contributed by atoms with Crippen LogP contribution in [0.1, 0.15) is 26.7 Å². The normalized spacial score (nSPS) is 16.5. The largest absolute Gasteiger partial charge is 0.345 e. The smallest absolute Gasteiger partial charge is 0.239 e. The maximum atomic E-state index is 12.7. The van der Waals surface area contributed by atoms with Crippen molar-refractivity contribution in [3.63, 3.8) is 0 Å². The van der Waals surface area contributed by atoms with Crippen molar-refractivity contribution in [3.8, 4) is 0 Å². The molecule has 0 saturated heterocycles. The van der Waals surface area contributed by atoms with Gasteiger partial charge in [0.25, 0.3) is 0 Å². The predicted octanol–water partition coefficient (Wildman–Crippen LogP) is 3.19. The van der Waals surface area contributed by atoms with Crippen molar-refractivity contribution < 1.29 is 9.13 Å². The first-order valence-electron chi connectivity index (χ1n) is 4.17. The fourth-order valence-corrected chi connectivity index (χ4v) is 2.86. The first kappa shape index (κ1) is 12.7. The molecule has 1 nitrogen and oxygen atoms in total. The van der Waals surface area contributed by atoms with Gasteiger partial charge in [0.2, 0.25) is 7.42 Å². The molecule has 0 amide bonds. The molecule has 5 heteroatoms. The molecule has 0 aromatic carbocycles. The summed E-state index contributed by atoms with van der Waals surface area (Å²) in [6.45, 7) is 3.69. The minimum Gasteiger partial charge on any atom is -0.345 e. The van der Waals surface area contributed by atoms with E-state index in [2.05, 4.69) is 0 Å². The lowest BCUT2D eigenvalue weighted by Crippen LogP contribution is -2.20. The third-order valence-corrected chi connectivity index (χ3v) is 3.51. The zero-order valence-electron chi connectivity index (χ0n) is 7.40. The van der Waals surface area contributed by atoms with Crippen molar-refractivity contribution in [2.24, 2.45) is 0 Å². The Balaban J connectivity index is 3.66. The van der Waals surface area contributed by atoms with E-state index in [0.717, 1.165) is 6.42 Å². The second kappa shape index (κ2) is 7.13. The molecule has 0 bridgehead atoms. The Morgan fingerprint density at radius 2 is 1.92 bits per heavy atom. The monoisotopic (exact) mass is 232 g/mol. The van der Waals surface area contributed by atoms with Gasteiger partial charge in [0.1, 0.15) is 0 Å². The summed E-state index contributed by atoms with van der Waals surface area (Å²) in [5.74, 6) is 0. The van der Waals surface area contributed by atoms with Crippen LogP contribution in [0.3, 0.4) is 0 Å². The van der Waals surface area contributed by atoms with Crippen molar-refractivity contribution in [3.05, 3.63) is 0 Å². The van der Waals surface area contributed by atoms with E-state index >= 15 is 0 Å². The summed E-state index contributed by atoms with van der Waals surface area (Å²) in [7, 11) is -1.66. The van der Waals surface area contributed by atoms with Crippen LogP contribution in [0.5, 0.6) is 0 Å². The molecule has 0 aromatic heterocycles. The van der Waals surface area contributed by atoms with Gasteiger partial charge in [-0.3, -0.25) is 0 Å². The summed E-state index contributed by atoms with van der Waals surface area (Å²) in [4.78, 5) is 0. The summed E-state index contributed by atoms with van der Waals surface area (Å²) < 4.78 is 17.8. The van der Waals surface area contributed by atoms with Gasteiger partial charge >= 0.3 is 0 Å². The van der Waals surface area contributed by atoms with Crippen LogP contribution < -0.4 is 0 Å². The second-order valence-corrected chi connectivity index (χ2v) is 7.70. The Morgan fingerprint density at radius 1 is 1.33 bits per heavy atom. The lowest BCUT2D eigenvalue weighted by molar-refractivity contribution is -0.0803. The van der Waals surface area contributed by atoms with Gasteiger partial charge in [-0.15, -0.1) is 0 Å². The Kier molecular flexibility index (Phi) is 7.53. The van der Waals surface area contributed by atoms with Crippen LogP contribution in [0.2, 0.25) is 6.04 Å². The quantitative estimate of drug-likeness (QED) is 0.505. The molecule has 0 fully saturated rings. The maximum Gasteiger partial charge on any atom is 0.239 e. The Labute approximate surface area is 84.2 Å². The van der Waals surface area contributed by atoms with Crippen molar-refractivity contribution in [1.82, 2.24) is 0 Å².